The molecule has 0 saturated carbocycles. The van der Waals surface area contributed by atoms with Crippen molar-refractivity contribution in [2.75, 3.05) is 0 Å². The van der Waals surface area contributed by atoms with Crippen molar-refractivity contribution in [3.63, 3.8) is 0 Å². The largest absolute Gasteiger partial charge is 0.337 e. The van der Waals surface area contributed by atoms with Crippen LogP contribution in [0.1, 0.15) is 30.9 Å². The van der Waals surface area contributed by atoms with E-state index in [4.69, 9.17) is 10.3 Å². The Bertz CT molecular complexity index is 561. The molecule has 4 nitrogen and oxygen atoms in total. The predicted octanol–water partition coefficient (Wildman–Crippen LogP) is 3.31. The lowest BCUT2D eigenvalue weighted by atomic mass is 10.1. The summed E-state index contributed by atoms with van der Waals surface area (Å²) >= 11 is 3.54. The monoisotopic (exact) mass is 309 g/mol. The molecule has 0 aliphatic rings. The molecule has 96 valence electrons. The van der Waals surface area contributed by atoms with Gasteiger partial charge in [-0.15, -0.1) is 0 Å². The zero-order chi connectivity index (χ0) is 13.5. The topological polar surface area (TPSA) is 64.9 Å². The van der Waals surface area contributed by atoms with E-state index in [1.165, 1.54) is 0 Å². The summed E-state index contributed by atoms with van der Waals surface area (Å²) in [6, 6.07) is 4.05. The van der Waals surface area contributed by atoms with Crippen LogP contribution in [0.25, 0.3) is 11.4 Å². The Balaban J connectivity index is 2.47. The minimum Gasteiger partial charge on any atom is -0.337 e. The van der Waals surface area contributed by atoms with E-state index in [9.17, 15) is 0 Å². The third kappa shape index (κ3) is 2.47. The number of nitrogens with zero attached hydrogens (tertiary/aromatic N) is 2. The van der Waals surface area contributed by atoms with Crippen molar-refractivity contribution in [1.82, 2.24) is 10.1 Å². The maximum Gasteiger partial charge on any atom is 0.246 e. The zero-order valence-corrected chi connectivity index (χ0v) is 12.5. The fourth-order valence-corrected chi connectivity index (χ4v) is 1.91. The normalized spacial score (nSPS) is 11.9. The first-order valence-corrected chi connectivity index (χ1v) is 6.48. The fourth-order valence-electron chi connectivity index (χ4n) is 1.68. The molecule has 0 atom stereocenters. The summed E-state index contributed by atoms with van der Waals surface area (Å²) in [5.41, 5.74) is 8.53. The van der Waals surface area contributed by atoms with Crippen LogP contribution in [0.3, 0.4) is 0 Å². The van der Waals surface area contributed by atoms with Crippen LogP contribution < -0.4 is 5.73 Å². The molecule has 0 unspecified atom stereocenters. The van der Waals surface area contributed by atoms with Crippen molar-refractivity contribution in [2.45, 2.75) is 33.2 Å². The summed E-state index contributed by atoms with van der Waals surface area (Å²) in [6.45, 7) is 7.74. The van der Waals surface area contributed by atoms with E-state index in [2.05, 4.69) is 26.1 Å². The Kier molecular flexibility index (Phi) is 3.29. The van der Waals surface area contributed by atoms with E-state index in [0.29, 0.717) is 11.7 Å². The van der Waals surface area contributed by atoms with E-state index in [-0.39, 0.29) is 0 Å². The van der Waals surface area contributed by atoms with Gasteiger partial charge in [-0.2, -0.15) is 4.98 Å². The maximum atomic E-state index is 5.93. The summed E-state index contributed by atoms with van der Waals surface area (Å²) in [5, 5.41) is 3.98. The van der Waals surface area contributed by atoms with Crippen molar-refractivity contribution in [2.24, 2.45) is 5.73 Å². The van der Waals surface area contributed by atoms with E-state index in [0.717, 1.165) is 21.2 Å². The lowest BCUT2D eigenvalue weighted by Crippen LogP contribution is -2.28. The molecule has 1 heterocycles. The van der Waals surface area contributed by atoms with Crippen LogP contribution in [0, 0.1) is 13.8 Å². The van der Waals surface area contributed by atoms with Crippen molar-refractivity contribution in [3.05, 3.63) is 33.6 Å². The van der Waals surface area contributed by atoms with Crippen LogP contribution in [0.15, 0.2) is 21.1 Å². The molecule has 0 amide bonds. The number of halogens is 1. The third-order valence-electron chi connectivity index (χ3n) is 2.67. The molecule has 0 saturated heterocycles. The number of hydrogen-bond acceptors (Lipinski definition) is 4. The van der Waals surface area contributed by atoms with E-state index < -0.39 is 5.54 Å². The minimum atomic E-state index is -0.620. The number of aryl methyl sites for hydroxylation is 2. The summed E-state index contributed by atoms with van der Waals surface area (Å²) in [5.74, 6) is 1.01. The minimum absolute atomic E-state index is 0.440. The molecular weight excluding hydrogens is 294 g/mol. The first kappa shape index (κ1) is 13.2. The van der Waals surface area contributed by atoms with Gasteiger partial charge in [-0.1, -0.05) is 21.1 Å². The van der Waals surface area contributed by atoms with E-state index in [1.807, 2.05) is 39.8 Å². The highest BCUT2D eigenvalue weighted by Crippen LogP contribution is 2.28. The van der Waals surface area contributed by atoms with Gasteiger partial charge in [0.15, 0.2) is 0 Å². The molecule has 2 N–H and O–H groups in total. The maximum absolute atomic E-state index is 5.93. The van der Waals surface area contributed by atoms with Crippen LogP contribution in [-0.2, 0) is 5.54 Å². The molecule has 0 aliphatic carbocycles. The van der Waals surface area contributed by atoms with Crippen LogP contribution in [-0.4, -0.2) is 10.1 Å². The first-order chi connectivity index (χ1) is 8.29. The Hall–Kier alpha value is -1.20. The van der Waals surface area contributed by atoms with Crippen LogP contribution in [0.5, 0.6) is 0 Å². The number of aromatic nitrogens is 2. The second-order valence-electron chi connectivity index (χ2n) is 5.07. The number of hydrogen-bond donors (Lipinski definition) is 1. The average molecular weight is 310 g/mol. The molecule has 0 spiro atoms. The highest BCUT2D eigenvalue weighted by Gasteiger charge is 2.23. The van der Waals surface area contributed by atoms with Gasteiger partial charge in [-0.3, -0.25) is 0 Å². The van der Waals surface area contributed by atoms with Crippen molar-refractivity contribution in [1.29, 1.82) is 0 Å². The summed E-state index contributed by atoms with van der Waals surface area (Å²) < 4.78 is 6.30. The standard InChI is InChI=1S/C13H16BrN3O/c1-7-5-9(6-8(2)10(7)14)11-16-12(18-17-11)13(3,4)15/h5-6H,15H2,1-4H3. The van der Waals surface area contributed by atoms with Crippen molar-refractivity contribution < 1.29 is 4.52 Å². The van der Waals surface area contributed by atoms with E-state index in [1.54, 1.807) is 0 Å². The van der Waals surface area contributed by atoms with Crippen LogP contribution in [0.4, 0.5) is 0 Å². The summed E-state index contributed by atoms with van der Waals surface area (Å²) in [6.07, 6.45) is 0. The molecule has 5 heteroatoms. The number of benzene rings is 1. The molecule has 2 rings (SSSR count). The lowest BCUT2D eigenvalue weighted by Gasteiger charge is -2.10. The van der Waals surface area contributed by atoms with Gasteiger partial charge in [-0.25, -0.2) is 0 Å². The van der Waals surface area contributed by atoms with Gasteiger partial charge in [0.2, 0.25) is 11.7 Å². The smallest absolute Gasteiger partial charge is 0.246 e. The quantitative estimate of drug-likeness (QED) is 0.924. The average Bonchev–Trinajstić information content (AvgIpc) is 2.73. The van der Waals surface area contributed by atoms with Crippen LogP contribution >= 0.6 is 15.9 Å². The van der Waals surface area contributed by atoms with Gasteiger partial charge in [0.25, 0.3) is 0 Å². The molecule has 0 aliphatic heterocycles. The second-order valence-corrected chi connectivity index (χ2v) is 5.86. The van der Waals surface area contributed by atoms with Gasteiger partial charge < -0.3 is 10.3 Å². The lowest BCUT2D eigenvalue weighted by molar-refractivity contribution is 0.312. The van der Waals surface area contributed by atoms with Gasteiger partial charge >= 0.3 is 0 Å². The summed E-state index contributed by atoms with van der Waals surface area (Å²) in [4.78, 5) is 4.35. The Morgan fingerprint density at radius 1 is 1.22 bits per heavy atom. The van der Waals surface area contributed by atoms with Crippen molar-refractivity contribution >= 4 is 15.9 Å². The first-order valence-electron chi connectivity index (χ1n) is 5.69. The third-order valence-corrected chi connectivity index (χ3v) is 3.92. The zero-order valence-electron chi connectivity index (χ0n) is 10.9. The fraction of sp³-hybridized carbons (Fsp3) is 0.385. The van der Waals surface area contributed by atoms with Crippen LogP contribution in [0.2, 0.25) is 0 Å². The van der Waals surface area contributed by atoms with Crippen molar-refractivity contribution in [3.8, 4) is 11.4 Å². The molecule has 1 aromatic heterocycles. The van der Waals surface area contributed by atoms with Gasteiger partial charge in [-0.05, 0) is 51.0 Å². The molecule has 1 aromatic carbocycles. The SMILES string of the molecule is Cc1cc(-c2noc(C(C)(C)N)n2)cc(C)c1Br. The molecular formula is C13H16BrN3O. The molecule has 0 fully saturated rings. The Labute approximate surface area is 115 Å². The molecule has 2 aromatic rings. The van der Waals surface area contributed by atoms with Gasteiger partial charge in [0.05, 0.1) is 5.54 Å². The highest BCUT2D eigenvalue weighted by atomic mass is 79.9. The Morgan fingerprint density at radius 2 is 1.78 bits per heavy atom. The predicted molar refractivity (Wildman–Crippen MR) is 74.1 cm³/mol. The Morgan fingerprint density at radius 3 is 2.22 bits per heavy atom. The molecule has 0 bridgehead atoms. The molecule has 0 radical (unpaired) electrons. The molecule has 18 heavy (non-hydrogen) atoms. The number of rotatable bonds is 2. The van der Waals surface area contributed by atoms with Gasteiger partial charge in [0, 0.05) is 10.0 Å². The van der Waals surface area contributed by atoms with Gasteiger partial charge in [0.1, 0.15) is 0 Å². The second kappa shape index (κ2) is 4.48. The summed E-state index contributed by atoms with van der Waals surface area (Å²) in [7, 11) is 0. The highest BCUT2D eigenvalue weighted by molar-refractivity contribution is 9.10. The van der Waals surface area contributed by atoms with E-state index >= 15 is 0 Å². The number of nitrogens with two attached hydrogens (primary N) is 1.